The number of thiophene rings is 1. The Morgan fingerprint density at radius 2 is 2.32 bits per heavy atom. The standard InChI is InChI=1S/C12H16N4O2S/c1-3-11-10(7-15(2)14-11)6-13-5-9-4-12(16(17)18)19-8-9/h4,7-8,13H,3,5-6H2,1-2H3. The van der Waals surface area contributed by atoms with Gasteiger partial charge in [0.1, 0.15) is 0 Å². The highest BCUT2D eigenvalue weighted by atomic mass is 32.1. The minimum Gasteiger partial charge on any atom is -0.308 e. The Bertz CT molecular complexity index is 576. The summed E-state index contributed by atoms with van der Waals surface area (Å²) in [6.45, 7) is 3.43. The fourth-order valence-corrected chi connectivity index (χ4v) is 2.65. The molecule has 6 nitrogen and oxygen atoms in total. The molecule has 102 valence electrons. The summed E-state index contributed by atoms with van der Waals surface area (Å²) in [5.74, 6) is 0. The molecule has 2 aromatic rings. The summed E-state index contributed by atoms with van der Waals surface area (Å²) in [5.41, 5.74) is 3.21. The predicted octanol–water partition coefficient (Wildman–Crippen LogP) is 2.24. The van der Waals surface area contributed by atoms with Crippen LogP contribution in [0.25, 0.3) is 0 Å². The molecule has 19 heavy (non-hydrogen) atoms. The van der Waals surface area contributed by atoms with Crippen molar-refractivity contribution >= 4 is 16.3 Å². The van der Waals surface area contributed by atoms with E-state index in [1.54, 1.807) is 6.07 Å². The van der Waals surface area contributed by atoms with Crippen LogP contribution in [0.5, 0.6) is 0 Å². The second kappa shape index (κ2) is 5.94. The SMILES string of the molecule is CCc1nn(C)cc1CNCc1csc([N+](=O)[O-])c1. The number of hydrogen-bond donors (Lipinski definition) is 1. The highest BCUT2D eigenvalue weighted by molar-refractivity contribution is 7.13. The van der Waals surface area contributed by atoms with Crippen LogP contribution in [-0.2, 0) is 26.6 Å². The molecule has 2 aromatic heterocycles. The molecule has 0 aromatic carbocycles. The molecule has 7 heteroatoms. The number of rotatable bonds is 6. The van der Waals surface area contributed by atoms with E-state index >= 15 is 0 Å². The number of nitrogens with one attached hydrogen (secondary N) is 1. The third-order valence-corrected chi connectivity index (χ3v) is 3.72. The van der Waals surface area contributed by atoms with Gasteiger partial charge in [0.25, 0.3) is 0 Å². The molecule has 1 N–H and O–H groups in total. The molecule has 0 unspecified atom stereocenters. The average molecular weight is 280 g/mol. The van der Waals surface area contributed by atoms with Gasteiger partial charge in [-0.1, -0.05) is 18.3 Å². The lowest BCUT2D eigenvalue weighted by atomic mass is 10.2. The van der Waals surface area contributed by atoms with Crippen molar-refractivity contribution in [2.24, 2.45) is 7.05 Å². The van der Waals surface area contributed by atoms with E-state index < -0.39 is 0 Å². The molecule has 0 atom stereocenters. The molecule has 0 radical (unpaired) electrons. The smallest absolute Gasteiger partial charge is 0.308 e. The number of nitrogens with zero attached hydrogens (tertiary/aromatic N) is 3. The molecule has 0 bridgehead atoms. The first kappa shape index (κ1) is 13.7. The van der Waals surface area contributed by atoms with Gasteiger partial charge in [0.2, 0.25) is 0 Å². The molecule has 0 aliphatic heterocycles. The minimum absolute atomic E-state index is 0.187. The van der Waals surface area contributed by atoms with Gasteiger partial charge in [-0.05, 0) is 12.0 Å². The zero-order chi connectivity index (χ0) is 13.8. The van der Waals surface area contributed by atoms with Gasteiger partial charge in [-0.2, -0.15) is 5.10 Å². The zero-order valence-electron chi connectivity index (χ0n) is 10.9. The molecule has 0 amide bonds. The normalized spacial score (nSPS) is 10.8. The Labute approximate surface area is 115 Å². The molecule has 0 aliphatic rings. The predicted molar refractivity (Wildman–Crippen MR) is 74.1 cm³/mol. The maximum Gasteiger partial charge on any atom is 0.324 e. The van der Waals surface area contributed by atoms with E-state index in [1.807, 2.05) is 23.3 Å². The van der Waals surface area contributed by atoms with Crippen LogP contribution in [-0.4, -0.2) is 14.7 Å². The van der Waals surface area contributed by atoms with Crippen LogP contribution < -0.4 is 5.32 Å². The van der Waals surface area contributed by atoms with E-state index in [4.69, 9.17) is 0 Å². The maximum absolute atomic E-state index is 10.6. The van der Waals surface area contributed by atoms with Gasteiger partial charge < -0.3 is 5.32 Å². The van der Waals surface area contributed by atoms with Gasteiger partial charge in [-0.3, -0.25) is 14.8 Å². The molecular weight excluding hydrogens is 264 g/mol. The second-order valence-corrected chi connectivity index (χ2v) is 5.17. The van der Waals surface area contributed by atoms with Gasteiger partial charge in [0.05, 0.1) is 10.6 Å². The summed E-state index contributed by atoms with van der Waals surface area (Å²) >= 11 is 1.16. The first-order valence-corrected chi connectivity index (χ1v) is 6.92. The second-order valence-electron chi connectivity index (χ2n) is 4.28. The summed E-state index contributed by atoms with van der Waals surface area (Å²) < 4.78 is 1.81. The van der Waals surface area contributed by atoms with Crippen LogP contribution in [0.2, 0.25) is 0 Å². The fourth-order valence-electron chi connectivity index (χ4n) is 1.92. The first-order chi connectivity index (χ1) is 9.10. The lowest BCUT2D eigenvalue weighted by molar-refractivity contribution is -0.380. The Balaban J connectivity index is 1.90. The van der Waals surface area contributed by atoms with Gasteiger partial charge in [-0.15, -0.1) is 0 Å². The van der Waals surface area contributed by atoms with Crippen LogP contribution in [0.1, 0.15) is 23.7 Å². The van der Waals surface area contributed by atoms with E-state index in [9.17, 15) is 10.1 Å². The van der Waals surface area contributed by atoms with Crippen LogP contribution in [0.15, 0.2) is 17.6 Å². The van der Waals surface area contributed by atoms with Crippen molar-refractivity contribution in [3.05, 3.63) is 44.6 Å². The molecule has 2 heterocycles. The Morgan fingerprint density at radius 3 is 2.95 bits per heavy atom. The van der Waals surface area contributed by atoms with Crippen LogP contribution in [0.4, 0.5) is 5.00 Å². The molecule has 0 fully saturated rings. The van der Waals surface area contributed by atoms with Crippen LogP contribution in [0.3, 0.4) is 0 Å². The van der Waals surface area contributed by atoms with Crippen molar-refractivity contribution in [1.29, 1.82) is 0 Å². The summed E-state index contributed by atoms with van der Waals surface area (Å²) in [4.78, 5) is 10.2. The largest absolute Gasteiger partial charge is 0.324 e. The molecular formula is C12H16N4O2S. The number of nitro groups is 1. The highest BCUT2D eigenvalue weighted by Crippen LogP contribution is 2.22. The Morgan fingerprint density at radius 1 is 1.53 bits per heavy atom. The number of aryl methyl sites for hydroxylation is 2. The summed E-state index contributed by atoms with van der Waals surface area (Å²) in [6.07, 6.45) is 2.91. The van der Waals surface area contributed by atoms with Crippen molar-refractivity contribution in [2.75, 3.05) is 0 Å². The van der Waals surface area contributed by atoms with Gasteiger partial charge in [-0.25, -0.2) is 0 Å². The lowest BCUT2D eigenvalue weighted by Crippen LogP contribution is -2.12. The topological polar surface area (TPSA) is 73.0 Å². The maximum atomic E-state index is 10.6. The van der Waals surface area contributed by atoms with E-state index in [0.717, 1.165) is 35.6 Å². The molecule has 0 saturated heterocycles. The van der Waals surface area contributed by atoms with Crippen molar-refractivity contribution < 1.29 is 4.92 Å². The fraction of sp³-hybridized carbons (Fsp3) is 0.417. The van der Waals surface area contributed by atoms with Gasteiger partial charge in [0, 0.05) is 43.3 Å². The third kappa shape index (κ3) is 3.39. The number of aromatic nitrogens is 2. The zero-order valence-corrected chi connectivity index (χ0v) is 11.7. The van der Waals surface area contributed by atoms with Crippen LogP contribution >= 0.6 is 11.3 Å². The van der Waals surface area contributed by atoms with Crippen molar-refractivity contribution in [2.45, 2.75) is 26.4 Å². The van der Waals surface area contributed by atoms with E-state index in [-0.39, 0.29) is 9.92 Å². The minimum atomic E-state index is -0.357. The molecule has 0 saturated carbocycles. The van der Waals surface area contributed by atoms with Crippen molar-refractivity contribution in [3.8, 4) is 0 Å². The average Bonchev–Trinajstić information content (AvgIpc) is 2.96. The third-order valence-electron chi connectivity index (χ3n) is 2.79. The quantitative estimate of drug-likeness (QED) is 0.650. The Hall–Kier alpha value is -1.73. The van der Waals surface area contributed by atoms with E-state index in [1.165, 1.54) is 5.56 Å². The first-order valence-electron chi connectivity index (χ1n) is 6.04. The summed E-state index contributed by atoms with van der Waals surface area (Å²) in [5, 5.41) is 20.2. The molecule has 0 aliphatic carbocycles. The number of hydrogen-bond acceptors (Lipinski definition) is 5. The monoisotopic (exact) mass is 280 g/mol. The highest BCUT2D eigenvalue weighted by Gasteiger charge is 2.10. The Kier molecular flexibility index (Phi) is 4.28. The van der Waals surface area contributed by atoms with Crippen molar-refractivity contribution in [3.63, 3.8) is 0 Å². The molecule has 0 spiro atoms. The van der Waals surface area contributed by atoms with Crippen LogP contribution in [0, 0.1) is 10.1 Å². The van der Waals surface area contributed by atoms with Crippen molar-refractivity contribution in [1.82, 2.24) is 15.1 Å². The van der Waals surface area contributed by atoms with E-state index in [0.29, 0.717) is 6.54 Å². The summed E-state index contributed by atoms with van der Waals surface area (Å²) in [7, 11) is 1.91. The van der Waals surface area contributed by atoms with Gasteiger partial charge >= 0.3 is 5.00 Å². The lowest BCUT2D eigenvalue weighted by Gasteiger charge is -2.02. The summed E-state index contributed by atoms with van der Waals surface area (Å²) in [6, 6.07) is 1.61. The van der Waals surface area contributed by atoms with Gasteiger partial charge in [0.15, 0.2) is 0 Å². The molecule has 2 rings (SSSR count). The van der Waals surface area contributed by atoms with E-state index in [2.05, 4.69) is 17.3 Å².